The van der Waals surface area contributed by atoms with Crippen LogP contribution in [0.3, 0.4) is 0 Å². The number of fused-ring (bicyclic) bond motifs is 1. The molecule has 33 heavy (non-hydrogen) atoms. The molecule has 2 aromatic rings. The number of esters is 1. The van der Waals surface area contributed by atoms with Gasteiger partial charge in [0.2, 0.25) is 0 Å². The summed E-state index contributed by atoms with van der Waals surface area (Å²) >= 11 is 1.39. The second-order valence-electron chi connectivity index (χ2n) is 8.46. The fourth-order valence-corrected chi connectivity index (χ4v) is 4.74. The topological polar surface area (TPSA) is 56.8 Å². The highest BCUT2D eigenvalue weighted by Crippen LogP contribution is 2.31. The minimum absolute atomic E-state index is 0.291. The van der Waals surface area contributed by atoms with Gasteiger partial charge in [0, 0.05) is 31.5 Å². The molecule has 0 heterocycles. The molecule has 3 rings (SSSR count). The van der Waals surface area contributed by atoms with Gasteiger partial charge in [0.15, 0.2) is 6.10 Å². The van der Waals surface area contributed by atoms with Gasteiger partial charge in [-0.05, 0) is 92.8 Å². The van der Waals surface area contributed by atoms with Crippen molar-refractivity contribution < 1.29 is 18.5 Å². The SMILES string of the molecule is CCOC(=O)C(Cc1ccc(NCCCC2CCc3cc(OSC)ccc3C2)cc1)OCC. The first-order chi connectivity index (χ1) is 16.1. The van der Waals surface area contributed by atoms with E-state index in [0.717, 1.165) is 42.3 Å². The molecule has 0 aliphatic heterocycles. The van der Waals surface area contributed by atoms with Crippen LogP contribution in [0.25, 0.3) is 0 Å². The average Bonchev–Trinajstić information content (AvgIpc) is 2.83. The van der Waals surface area contributed by atoms with E-state index in [-0.39, 0.29) is 5.97 Å². The maximum atomic E-state index is 12.1. The zero-order valence-electron chi connectivity index (χ0n) is 20.1. The summed E-state index contributed by atoms with van der Waals surface area (Å²) < 4.78 is 16.2. The number of hydrogen-bond donors (Lipinski definition) is 1. The number of hydrogen-bond acceptors (Lipinski definition) is 6. The number of anilines is 1. The fraction of sp³-hybridized carbons (Fsp3) is 0.519. The van der Waals surface area contributed by atoms with Crippen LogP contribution in [-0.2, 0) is 33.5 Å². The number of rotatable bonds is 13. The Bertz CT molecular complexity index is 871. The first kappa shape index (κ1) is 25.4. The van der Waals surface area contributed by atoms with E-state index in [9.17, 15) is 4.79 Å². The third-order valence-electron chi connectivity index (χ3n) is 6.10. The molecule has 0 spiro atoms. The van der Waals surface area contributed by atoms with E-state index in [2.05, 4.69) is 47.8 Å². The van der Waals surface area contributed by atoms with Crippen molar-refractivity contribution in [1.29, 1.82) is 0 Å². The maximum Gasteiger partial charge on any atom is 0.335 e. The van der Waals surface area contributed by atoms with Gasteiger partial charge >= 0.3 is 5.97 Å². The lowest BCUT2D eigenvalue weighted by Crippen LogP contribution is -2.28. The van der Waals surface area contributed by atoms with E-state index in [1.165, 1.54) is 42.4 Å². The summed E-state index contributed by atoms with van der Waals surface area (Å²) in [6.45, 7) is 5.53. The Labute approximate surface area is 202 Å². The van der Waals surface area contributed by atoms with E-state index in [0.29, 0.717) is 19.6 Å². The summed E-state index contributed by atoms with van der Waals surface area (Å²) in [5.41, 5.74) is 5.11. The van der Waals surface area contributed by atoms with Crippen LogP contribution < -0.4 is 9.50 Å². The molecule has 2 unspecified atom stereocenters. The van der Waals surface area contributed by atoms with Crippen molar-refractivity contribution in [3.63, 3.8) is 0 Å². The minimum atomic E-state index is -0.543. The lowest BCUT2D eigenvalue weighted by Gasteiger charge is -2.25. The monoisotopic (exact) mass is 471 g/mol. The van der Waals surface area contributed by atoms with Crippen LogP contribution in [0.15, 0.2) is 42.5 Å². The molecular formula is C27H37NO4S. The Kier molecular flexibility index (Phi) is 10.4. The first-order valence-corrected chi connectivity index (χ1v) is 13.2. The van der Waals surface area contributed by atoms with Crippen LogP contribution in [0, 0.1) is 5.92 Å². The van der Waals surface area contributed by atoms with Gasteiger partial charge in [-0.15, -0.1) is 0 Å². The van der Waals surface area contributed by atoms with Crippen molar-refractivity contribution in [2.24, 2.45) is 5.92 Å². The first-order valence-electron chi connectivity index (χ1n) is 12.1. The zero-order valence-corrected chi connectivity index (χ0v) is 20.9. The summed E-state index contributed by atoms with van der Waals surface area (Å²) in [6, 6.07) is 14.8. The van der Waals surface area contributed by atoms with Crippen LogP contribution in [-0.4, -0.2) is 38.1 Å². The van der Waals surface area contributed by atoms with Gasteiger partial charge in [-0.1, -0.05) is 18.2 Å². The van der Waals surface area contributed by atoms with Crippen molar-refractivity contribution in [1.82, 2.24) is 0 Å². The van der Waals surface area contributed by atoms with E-state index in [1.54, 1.807) is 0 Å². The number of benzene rings is 2. The quantitative estimate of drug-likeness (QED) is 0.225. The number of ether oxygens (including phenoxy) is 2. The van der Waals surface area contributed by atoms with E-state index in [4.69, 9.17) is 13.7 Å². The third-order valence-corrected chi connectivity index (χ3v) is 6.46. The van der Waals surface area contributed by atoms with Gasteiger partial charge in [0.1, 0.15) is 5.75 Å². The standard InChI is InChI=1S/C27H37NO4S/c1-4-30-26(27(29)31-5-2)18-21-9-13-24(14-10-21)28-16-6-7-20-8-11-23-19-25(32-33-3)15-12-22(23)17-20/h9-10,12-15,19-20,26,28H,4-8,11,16-18H2,1-3H3. The molecule has 0 radical (unpaired) electrons. The van der Waals surface area contributed by atoms with Gasteiger partial charge in [-0.25, -0.2) is 4.79 Å². The highest BCUT2D eigenvalue weighted by molar-refractivity contribution is 7.94. The average molecular weight is 472 g/mol. The minimum Gasteiger partial charge on any atom is -0.464 e. The molecule has 2 atom stereocenters. The van der Waals surface area contributed by atoms with Gasteiger partial charge in [0.25, 0.3) is 0 Å². The summed E-state index contributed by atoms with van der Waals surface area (Å²) in [5.74, 6) is 1.43. The van der Waals surface area contributed by atoms with Crippen LogP contribution in [0.2, 0.25) is 0 Å². The van der Waals surface area contributed by atoms with Crippen molar-refractivity contribution in [3.8, 4) is 5.75 Å². The highest BCUT2D eigenvalue weighted by atomic mass is 32.2. The smallest absolute Gasteiger partial charge is 0.335 e. The third kappa shape index (κ3) is 7.97. The number of nitrogens with one attached hydrogen (secondary N) is 1. The molecule has 0 amide bonds. The molecule has 1 N–H and O–H groups in total. The fourth-order valence-electron chi connectivity index (χ4n) is 4.44. The lowest BCUT2D eigenvalue weighted by molar-refractivity contribution is -0.156. The number of aryl methyl sites for hydroxylation is 1. The Morgan fingerprint density at radius 1 is 1.12 bits per heavy atom. The molecular weight excluding hydrogens is 434 g/mol. The molecule has 5 nitrogen and oxygen atoms in total. The molecule has 0 saturated carbocycles. The van der Waals surface area contributed by atoms with E-state index < -0.39 is 6.10 Å². The van der Waals surface area contributed by atoms with Gasteiger partial charge in [0.05, 0.1) is 18.6 Å². The normalized spacial score (nSPS) is 16.0. The Balaban J connectivity index is 1.40. The molecule has 6 heteroatoms. The molecule has 180 valence electrons. The van der Waals surface area contributed by atoms with Gasteiger partial charge in [-0.2, -0.15) is 0 Å². The van der Waals surface area contributed by atoms with Crippen molar-refractivity contribution in [3.05, 3.63) is 59.2 Å². The number of carbonyl (C=O) groups excluding carboxylic acids is 1. The zero-order chi connectivity index (χ0) is 23.5. The summed E-state index contributed by atoms with van der Waals surface area (Å²) in [5, 5.41) is 3.53. The molecule has 1 aliphatic rings. The number of carbonyl (C=O) groups is 1. The predicted octanol–water partition coefficient (Wildman–Crippen LogP) is 5.85. The molecule has 0 fully saturated rings. The van der Waals surface area contributed by atoms with Crippen molar-refractivity contribution in [2.75, 3.05) is 31.3 Å². The molecule has 1 aliphatic carbocycles. The Morgan fingerprint density at radius 3 is 2.67 bits per heavy atom. The largest absolute Gasteiger partial charge is 0.464 e. The summed E-state index contributed by atoms with van der Waals surface area (Å²) in [4.78, 5) is 12.1. The van der Waals surface area contributed by atoms with Crippen LogP contribution in [0.4, 0.5) is 5.69 Å². The van der Waals surface area contributed by atoms with Crippen LogP contribution in [0.1, 0.15) is 49.8 Å². The van der Waals surface area contributed by atoms with E-state index in [1.807, 2.05) is 20.1 Å². The molecule has 0 aromatic heterocycles. The summed E-state index contributed by atoms with van der Waals surface area (Å²) in [7, 11) is 0. The van der Waals surface area contributed by atoms with Gasteiger partial charge < -0.3 is 19.0 Å². The van der Waals surface area contributed by atoms with E-state index >= 15 is 0 Å². The Hall–Kier alpha value is -2.18. The van der Waals surface area contributed by atoms with Crippen molar-refractivity contribution in [2.45, 2.75) is 58.5 Å². The maximum absolute atomic E-state index is 12.1. The second kappa shape index (κ2) is 13.5. The van der Waals surface area contributed by atoms with Crippen LogP contribution in [0.5, 0.6) is 5.75 Å². The van der Waals surface area contributed by atoms with Gasteiger partial charge in [-0.3, -0.25) is 0 Å². The van der Waals surface area contributed by atoms with Crippen molar-refractivity contribution >= 4 is 23.7 Å². The molecule has 0 saturated heterocycles. The predicted molar refractivity (Wildman–Crippen MR) is 136 cm³/mol. The van der Waals surface area contributed by atoms with Crippen LogP contribution >= 0.6 is 12.0 Å². The lowest BCUT2D eigenvalue weighted by atomic mass is 9.81. The highest BCUT2D eigenvalue weighted by Gasteiger charge is 2.21. The second-order valence-corrected chi connectivity index (χ2v) is 8.96. The Morgan fingerprint density at radius 2 is 1.94 bits per heavy atom. The summed E-state index contributed by atoms with van der Waals surface area (Å²) in [6.07, 6.45) is 7.90. The molecule has 2 aromatic carbocycles. The molecule has 0 bridgehead atoms.